The first-order valence-corrected chi connectivity index (χ1v) is 10.9. The number of carbonyl (C=O) groups excluding carboxylic acids is 1. The molecule has 5 rings (SSSR count). The number of benzene rings is 2. The Labute approximate surface area is 190 Å². The average Bonchev–Trinajstić information content (AvgIpc) is 3.15. The second-order valence-corrected chi connectivity index (χ2v) is 8.19. The number of hydrogen-bond donors (Lipinski definition) is 2. The van der Waals surface area contributed by atoms with Gasteiger partial charge in [-0.05, 0) is 49.1 Å². The number of anilines is 2. The largest absolute Gasteiger partial charge is 0.370 e. The summed E-state index contributed by atoms with van der Waals surface area (Å²) in [6.07, 6.45) is 4.49. The van der Waals surface area contributed by atoms with E-state index >= 15 is 0 Å². The normalized spacial score (nSPS) is 13.6. The van der Waals surface area contributed by atoms with Crippen molar-refractivity contribution >= 4 is 28.3 Å². The quantitative estimate of drug-likeness (QED) is 0.488. The first-order valence-electron chi connectivity index (χ1n) is 10.9. The zero-order valence-electron chi connectivity index (χ0n) is 18.3. The van der Waals surface area contributed by atoms with E-state index in [0.717, 1.165) is 42.8 Å². The number of hydrogen-bond acceptors (Lipinski definition) is 6. The molecule has 0 unspecified atom stereocenters. The molecule has 0 saturated heterocycles. The van der Waals surface area contributed by atoms with E-state index in [-0.39, 0.29) is 5.82 Å². The SMILES string of the molecule is CN1CCCCc2nc(-n3ncc4c(C(N)=O)cccc43)nc(NCc3cccc(F)c3)c21. The summed E-state index contributed by atoms with van der Waals surface area (Å²) < 4.78 is 15.3. The Kier molecular flexibility index (Phi) is 5.37. The summed E-state index contributed by atoms with van der Waals surface area (Å²) in [4.78, 5) is 23.7. The smallest absolute Gasteiger partial charge is 0.253 e. The van der Waals surface area contributed by atoms with Crippen LogP contribution in [0.4, 0.5) is 15.9 Å². The van der Waals surface area contributed by atoms with Crippen LogP contribution in [0.3, 0.4) is 0 Å². The molecule has 4 aromatic rings. The van der Waals surface area contributed by atoms with E-state index in [0.29, 0.717) is 34.8 Å². The van der Waals surface area contributed by atoms with Crippen LogP contribution in [-0.2, 0) is 13.0 Å². The van der Waals surface area contributed by atoms with Gasteiger partial charge in [0.1, 0.15) is 11.5 Å². The van der Waals surface area contributed by atoms with Crippen LogP contribution in [0.15, 0.2) is 48.7 Å². The molecule has 168 valence electrons. The maximum Gasteiger partial charge on any atom is 0.253 e. The Balaban J connectivity index is 1.61. The Morgan fingerprint density at radius 3 is 2.85 bits per heavy atom. The number of rotatable bonds is 5. The maximum absolute atomic E-state index is 13.7. The van der Waals surface area contributed by atoms with Crippen LogP contribution in [0, 0.1) is 5.82 Å². The molecule has 0 radical (unpaired) electrons. The number of fused-ring (bicyclic) bond motifs is 2. The molecule has 2 aromatic heterocycles. The van der Waals surface area contributed by atoms with Crippen molar-refractivity contribution in [1.29, 1.82) is 0 Å². The minimum atomic E-state index is -0.512. The number of amides is 1. The third-order valence-electron chi connectivity index (χ3n) is 5.90. The molecule has 1 aliphatic rings. The molecule has 0 aliphatic carbocycles. The Hall–Kier alpha value is -4.01. The monoisotopic (exact) mass is 445 g/mol. The van der Waals surface area contributed by atoms with Crippen LogP contribution < -0.4 is 16.0 Å². The molecule has 2 aromatic carbocycles. The first kappa shape index (κ1) is 20.9. The molecular formula is C24H24FN7O. The van der Waals surface area contributed by atoms with Gasteiger partial charge in [0.2, 0.25) is 5.91 Å². The van der Waals surface area contributed by atoms with E-state index in [4.69, 9.17) is 15.7 Å². The molecule has 0 atom stereocenters. The summed E-state index contributed by atoms with van der Waals surface area (Å²) in [5, 5.41) is 8.49. The van der Waals surface area contributed by atoms with Gasteiger partial charge in [0.15, 0.2) is 5.82 Å². The number of nitrogens with one attached hydrogen (secondary N) is 1. The van der Waals surface area contributed by atoms with Crippen LogP contribution in [0.2, 0.25) is 0 Å². The lowest BCUT2D eigenvalue weighted by molar-refractivity contribution is 0.100. The molecule has 0 fully saturated rings. The molecule has 0 saturated carbocycles. The molecule has 1 amide bonds. The van der Waals surface area contributed by atoms with Crippen molar-refractivity contribution in [3.8, 4) is 5.95 Å². The molecular weight excluding hydrogens is 421 g/mol. The molecule has 1 aliphatic heterocycles. The second kappa shape index (κ2) is 8.50. The number of primary amides is 1. The Bertz CT molecular complexity index is 1350. The highest BCUT2D eigenvalue weighted by molar-refractivity contribution is 6.05. The Morgan fingerprint density at radius 1 is 1.18 bits per heavy atom. The number of halogens is 1. The van der Waals surface area contributed by atoms with E-state index in [9.17, 15) is 9.18 Å². The fourth-order valence-electron chi connectivity index (χ4n) is 4.29. The van der Waals surface area contributed by atoms with Gasteiger partial charge in [0, 0.05) is 25.5 Å². The summed E-state index contributed by atoms with van der Waals surface area (Å²) in [5.41, 5.74) is 9.32. The summed E-state index contributed by atoms with van der Waals surface area (Å²) in [7, 11) is 2.03. The van der Waals surface area contributed by atoms with Gasteiger partial charge in [-0.3, -0.25) is 4.79 Å². The van der Waals surface area contributed by atoms with Crippen molar-refractivity contribution in [2.24, 2.45) is 5.73 Å². The Morgan fingerprint density at radius 2 is 2.03 bits per heavy atom. The highest BCUT2D eigenvalue weighted by Gasteiger charge is 2.22. The topological polar surface area (TPSA) is 102 Å². The highest BCUT2D eigenvalue weighted by Crippen LogP contribution is 2.32. The molecule has 3 heterocycles. The van der Waals surface area contributed by atoms with Crippen molar-refractivity contribution in [1.82, 2.24) is 19.7 Å². The van der Waals surface area contributed by atoms with Crippen molar-refractivity contribution in [2.75, 3.05) is 23.8 Å². The standard InChI is InChI=1S/C24H24FN7O/c1-31-11-3-2-9-19-21(31)23(27-13-15-6-4-7-16(25)12-15)30-24(29-19)32-20-10-5-8-17(22(26)33)18(20)14-28-32/h4-8,10,12,14H,2-3,9,11,13H2,1H3,(H2,26,33)(H,27,29,30). The number of nitrogens with two attached hydrogens (primary N) is 1. The van der Waals surface area contributed by atoms with Crippen LogP contribution in [0.5, 0.6) is 0 Å². The summed E-state index contributed by atoms with van der Waals surface area (Å²) in [6, 6.07) is 11.8. The molecule has 3 N–H and O–H groups in total. The van der Waals surface area contributed by atoms with Crippen LogP contribution in [0.1, 0.15) is 34.5 Å². The average molecular weight is 446 g/mol. The molecule has 33 heavy (non-hydrogen) atoms. The van der Waals surface area contributed by atoms with Crippen LogP contribution in [0.25, 0.3) is 16.9 Å². The van der Waals surface area contributed by atoms with Crippen molar-refractivity contribution in [3.05, 3.63) is 71.3 Å². The fourth-order valence-corrected chi connectivity index (χ4v) is 4.29. The molecule has 0 bridgehead atoms. The van der Waals surface area contributed by atoms with Gasteiger partial charge < -0.3 is 16.0 Å². The lowest BCUT2D eigenvalue weighted by Gasteiger charge is -2.23. The van der Waals surface area contributed by atoms with E-state index in [2.05, 4.69) is 15.3 Å². The minimum absolute atomic E-state index is 0.276. The van der Waals surface area contributed by atoms with Gasteiger partial charge in [0.05, 0.1) is 23.0 Å². The molecule has 0 spiro atoms. The summed E-state index contributed by atoms with van der Waals surface area (Å²) in [5.74, 6) is 0.282. The van der Waals surface area contributed by atoms with Gasteiger partial charge in [-0.2, -0.15) is 14.8 Å². The third kappa shape index (κ3) is 3.97. The number of aromatic nitrogens is 4. The lowest BCUT2D eigenvalue weighted by atomic mass is 10.1. The van der Waals surface area contributed by atoms with Gasteiger partial charge in [-0.25, -0.2) is 9.37 Å². The fraction of sp³-hybridized carbons (Fsp3) is 0.250. The predicted octanol–water partition coefficient (Wildman–Crippen LogP) is 3.44. The zero-order chi connectivity index (χ0) is 22.9. The van der Waals surface area contributed by atoms with E-state index in [1.807, 2.05) is 19.2 Å². The number of carbonyl (C=O) groups is 1. The van der Waals surface area contributed by atoms with Crippen LogP contribution in [-0.4, -0.2) is 39.2 Å². The summed E-state index contributed by atoms with van der Waals surface area (Å²) >= 11 is 0. The molecule has 9 heteroatoms. The lowest BCUT2D eigenvalue weighted by Crippen LogP contribution is -2.22. The minimum Gasteiger partial charge on any atom is -0.370 e. The van der Waals surface area contributed by atoms with Gasteiger partial charge in [-0.15, -0.1) is 0 Å². The predicted molar refractivity (Wildman–Crippen MR) is 125 cm³/mol. The second-order valence-electron chi connectivity index (χ2n) is 8.19. The number of aryl methyl sites for hydroxylation is 1. The maximum atomic E-state index is 13.7. The zero-order valence-corrected chi connectivity index (χ0v) is 18.3. The van der Waals surface area contributed by atoms with E-state index in [1.54, 1.807) is 29.1 Å². The van der Waals surface area contributed by atoms with Gasteiger partial charge in [0.25, 0.3) is 5.95 Å². The summed E-state index contributed by atoms with van der Waals surface area (Å²) in [6.45, 7) is 1.32. The van der Waals surface area contributed by atoms with E-state index < -0.39 is 5.91 Å². The van der Waals surface area contributed by atoms with Crippen molar-refractivity contribution in [2.45, 2.75) is 25.8 Å². The third-order valence-corrected chi connectivity index (χ3v) is 5.90. The highest BCUT2D eigenvalue weighted by atomic mass is 19.1. The van der Waals surface area contributed by atoms with E-state index in [1.165, 1.54) is 12.1 Å². The van der Waals surface area contributed by atoms with Crippen molar-refractivity contribution < 1.29 is 9.18 Å². The molecule has 8 nitrogen and oxygen atoms in total. The first-order chi connectivity index (χ1) is 16.0. The van der Waals surface area contributed by atoms with Gasteiger partial charge >= 0.3 is 0 Å². The van der Waals surface area contributed by atoms with Crippen LogP contribution >= 0.6 is 0 Å². The van der Waals surface area contributed by atoms with Crippen molar-refractivity contribution in [3.63, 3.8) is 0 Å². The van der Waals surface area contributed by atoms with Gasteiger partial charge in [-0.1, -0.05) is 18.2 Å². The number of nitrogens with zero attached hydrogens (tertiary/aromatic N) is 5.